The zero-order valence-electron chi connectivity index (χ0n) is 14.3. The van der Waals surface area contributed by atoms with Gasteiger partial charge < -0.3 is 25.4 Å². The molecule has 0 spiro atoms. The van der Waals surface area contributed by atoms with E-state index in [4.69, 9.17) is 15.2 Å². The van der Waals surface area contributed by atoms with Gasteiger partial charge in [-0.1, -0.05) is 0 Å². The fourth-order valence-electron chi connectivity index (χ4n) is 2.61. The van der Waals surface area contributed by atoms with Crippen molar-refractivity contribution in [2.45, 2.75) is 19.4 Å². The number of halogens is 2. The van der Waals surface area contributed by atoms with Crippen LogP contribution in [0.4, 0.5) is 5.69 Å². The number of carbonyl (C=O) groups is 1. The number of rotatable bonds is 6. The van der Waals surface area contributed by atoms with Crippen molar-refractivity contribution in [3.63, 3.8) is 0 Å². The number of amides is 1. The van der Waals surface area contributed by atoms with Gasteiger partial charge in [-0.25, -0.2) is 0 Å². The second-order valence-electron chi connectivity index (χ2n) is 5.71. The molecule has 1 saturated heterocycles. The first-order valence-corrected chi connectivity index (χ1v) is 7.54. The molecule has 1 aliphatic rings. The van der Waals surface area contributed by atoms with Gasteiger partial charge >= 0.3 is 0 Å². The van der Waals surface area contributed by atoms with E-state index in [9.17, 15) is 4.79 Å². The number of nitrogens with zero attached hydrogens (tertiary/aromatic N) is 1. The fraction of sp³-hybridized carbons (Fsp3) is 0.562. The zero-order valence-corrected chi connectivity index (χ0v) is 15.9. The molecule has 2 rings (SSSR count). The number of nitrogens with two attached hydrogens (primary N) is 1. The van der Waals surface area contributed by atoms with Gasteiger partial charge in [0.15, 0.2) is 0 Å². The Balaban J connectivity index is 0.00000264. The molecule has 0 aromatic heterocycles. The van der Waals surface area contributed by atoms with E-state index < -0.39 is 6.04 Å². The first kappa shape index (κ1) is 22.6. The number of hydrogen-bond donors (Lipinski definition) is 2. The standard InChI is InChI=1S/C16H25N3O3.2ClH/c1-11(17)16(20)18-9-12-4-5-19(10-12)13-6-14(21-2)8-15(7-13)22-3;;/h6-8,11-12H,4-5,9-10,17H2,1-3H3,(H,18,20);2*1H/t11-,12?;;/m1../s1. The topological polar surface area (TPSA) is 76.8 Å². The van der Waals surface area contributed by atoms with Crippen molar-refractivity contribution in [2.24, 2.45) is 11.7 Å². The lowest BCUT2D eigenvalue weighted by atomic mass is 10.1. The Morgan fingerprint density at radius 3 is 2.38 bits per heavy atom. The SMILES string of the molecule is COc1cc(OC)cc(N2CCC(CNC(=O)[C@@H](C)N)C2)c1.Cl.Cl. The van der Waals surface area contributed by atoms with E-state index in [1.165, 1.54) is 0 Å². The highest BCUT2D eigenvalue weighted by Gasteiger charge is 2.24. The molecule has 1 aliphatic heterocycles. The van der Waals surface area contributed by atoms with Gasteiger partial charge in [-0.15, -0.1) is 24.8 Å². The molecule has 1 heterocycles. The summed E-state index contributed by atoms with van der Waals surface area (Å²) in [6.45, 7) is 4.21. The van der Waals surface area contributed by atoms with Crippen molar-refractivity contribution >= 4 is 36.4 Å². The minimum absolute atomic E-state index is 0. The Morgan fingerprint density at radius 2 is 1.88 bits per heavy atom. The number of ether oxygens (including phenoxy) is 2. The first-order chi connectivity index (χ1) is 10.5. The molecule has 1 aromatic carbocycles. The zero-order chi connectivity index (χ0) is 16.1. The van der Waals surface area contributed by atoms with Crippen LogP contribution >= 0.6 is 24.8 Å². The Kier molecular flexibility index (Phi) is 9.89. The second-order valence-corrected chi connectivity index (χ2v) is 5.71. The highest BCUT2D eigenvalue weighted by Crippen LogP contribution is 2.31. The van der Waals surface area contributed by atoms with Crippen molar-refractivity contribution < 1.29 is 14.3 Å². The van der Waals surface area contributed by atoms with Gasteiger partial charge in [0, 0.05) is 43.5 Å². The Bertz CT molecular complexity index is 507. The maximum absolute atomic E-state index is 11.5. The van der Waals surface area contributed by atoms with E-state index in [2.05, 4.69) is 10.2 Å². The van der Waals surface area contributed by atoms with Gasteiger partial charge in [0.25, 0.3) is 0 Å². The van der Waals surface area contributed by atoms with Crippen LogP contribution in [-0.2, 0) is 4.79 Å². The quantitative estimate of drug-likeness (QED) is 0.788. The van der Waals surface area contributed by atoms with Crippen LogP contribution in [0.5, 0.6) is 11.5 Å². The summed E-state index contributed by atoms with van der Waals surface area (Å²) in [6.07, 6.45) is 1.04. The van der Waals surface area contributed by atoms with Gasteiger partial charge in [-0.2, -0.15) is 0 Å². The highest BCUT2D eigenvalue weighted by molar-refractivity contribution is 5.85. The summed E-state index contributed by atoms with van der Waals surface area (Å²) in [5.41, 5.74) is 6.63. The van der Waals surface area contributed by atoms with E-state index in [1.54, 1.807) is 21.1 Å². The van der Waals surface area contributed by atoms with Crippen molar-refractivity contribution in [1.29, 1.82) is 0 Å². The molecule has 3 N–H and O–H groups in total. The van der Waals surface area contributed by atoms with Gasteiger partial charge in [0.1, 0.15) is 11.5 Å². The van der Waals surface area contributed by atoms with E-state index in [-0.39, 0.29) is 30.7 Å². The third-order valence-corrected chi connectivity index (χ3v) is 3.97. The smallest absolute Gasteiger partial charge is 0.236 e. The first-order valence-electron chi connectivity index (χ1n) is 7.54. The van der Waals surface area contributed by atoms with Gasteiger partial charge in [0.2, 0.25) is 5.91 Å². The van der Waals surface area contributed by atoms with E-state index in [0.717, 1.165) is 36.7 Å². The normalized spacial score (nSPS) is 17.3. The van der Waals surface area contributed by atoms with Crippen molar-refractivity contribution in [3.8, 4) is 11.5 Å². The van der Waals surface area contributed by atoms with Crippen LogP contribution in [0, 0.1) is 5.92 Å². The average molecular weight is 380 g/mol. The molecule has 0 radical (unpaired) electrons. The minimum atomic E-state index is -0.458. The molecule has 8 heteroatoms. The van der Waals surface area contributed by atoms with Crippen LogP contribution in [0.25, 0.3) is 0 Å². The molecule has 0 bridgehead atoms. The fourth-order valence-corrected chi connectivity index (χ4v) is 2.61. The lowest BCUT2D eigenvalue weighted by molar-refractivity contribution is -0.122. The summed E-state index contributed by atoms with van der Waals surface area (Å²) in [5, 5.41) is 2.90. The molecule has 1 unspecified atom stereocenters. The summed E-state index contributed by atoms with van der Waals surface area (Å²) in [4.78, 5) is 13.8. The molecule has 24 heavy (non-hydrogen) atoms. The number of carbonyl (C=O) groups excluding carboxylic acids is 1. The Hall–Kier alpha value is -1.37. The molecule has 6 nitrogen and oxygen atoms in total. The average Bonchev–Trinajstić information content (AvgIpc) is 3.00. The van der Waals surface area contributed by atoms with Gasteiger partial charge in [0.05, 0.1) is 20.3 Å². The van der Waals surface area contributed by atoms with Crippen LogP contribution in [0.2, 0.25) is 0 Å². The lowest BCUT2D eigenvalue weighted by Gasteiger charge is -2.20. The number of anilines is 1. The molecule has 0 aliphatic carbocycles. The van der Waals surface area contributed by atoms with Crippen molar-refractivity contribution in [3.05, 3.63) is 18.2 Å². The third-order valence-electron chi connectivity index (χ3n) is 3.97. The maximum atomic E-state index is 11.5. The monoisotopic (exact) mass is 379 g/mol. The Morgan fingerprint density at radius 1 is 1.29 bits per heavy atom. The van der Waals surface area contributed by atoms with Gasteiger partial charge in [-0.05, 0) is 19.3 Å². The van der Waals surface area contributed by atoms with Crippen molar-refractivity contribution in [2.75, 3.05) is 38.8 Å². The van der Waals surface area contributed by atoms with Crippen LogP contribution in [0.3, 0.4) is 0 Å². The maximum Gasteiger partial charge on any atom is 0.236 e. The summed E-state index contributed by atoms with van der Waals surface area (Å²) < 4.78 is 10.6. The molecule has 1 fully saturated rings. The Labute approximate surface area is 155 Å². The predicted molar refractivity (Wildman–Crippen MR) is 101 cm³/mol. The number of hydrogen-bond acceptors (Lipinski definition) is 5. The van der Waals surface area contributed by atoms with Crippen LogP contribution in [-0.4, -0.2) is 45.8 Å². The van der Waals surface area contributed by atoms with Crippen LogP contribution in [0.1, 0.15) is 13.3 Å². The summed E-state index contributed by atoms with van der Waals surface area (Å²) in [6, 6.07) is 5.41. The number of nitrogens with one attached hydrogen (secondary N) is 1. The summed E-state index contributed by atoms with van der Waals surface area (Å²) >= 11 is 0. The largest absolute Gasteiger partial charge is 0.497 e. The van der Waals surface area contributed by atoms with E-state index in [1.807, 2.05) is 18.2 Å². The molecular weight excluding hydrogens is 353 g/mol. The van der Waals surface area contributed by atoms with E-state index in [0.29, 0.717) is 12.5 Å². The second kappa shape index (κ2) is 10.5. The van der Waals surface area contributed by atoms with Crippen molar-refractivity contribution in [1.82, 2.24) is 5.32 Å². The molecule has 2 atom stereocenters. The lowest BCUT2D eigenvalue weighted by Crippen LogP contribution is -2.40. The number of benzene rings is 1. The predicted octanol–water partition coefficient (Wildman–Crippen LogP) is 1.84. The summed E-state index contributed by atoms with van der Waals surface area (Å²) in [5.74, 6) is 1.90. The summed E-state index contributed by atoms with van der Waals surface area (Å²) in [7, 11) is 3.30. The van der Waals surface area contributed by atoms with Gasteiger partial charge in [-0.3, -0.25) is 4.79 Å². The molecule has 1 aromatic rings. The molecular formula is C16H27Cl2N3O3. The highest BCUT2D eigenvalue weighted by atomic mass is 35.5. The minimum Gasteiger partial charge on any atom is -0.497 e. The van der Waals surface area contributed by atoms with E-state index >= 15 is 0 Å². The third kappa shape index (κ3) is 5.92. The molecule has 138 valence electrons. The molecule has 0 saturated carbocycles. The number of methoxy groups -OCH3 is 2. The molecule has 1 amide bonds. The van der Waals surface area contributed by atoms with Crippen LogP contribution < -0.4 is 25.4 Å². The van der Waals surface area contributed by atoms with Crippen LogP contribution in [0.15, 0.2) is 18.2 Å².